The van der Waals surface area contributed by atoms with E-state index >= 15 is 0 Å². The van der Waals surface area contributed by atoms with Crippen molar-refractivity contribution in [1.82, 2.24) is 4.31 Å². The molecule has 0 unspecified atom stereocenters. The third kappa shape index (κ3) is 5.20. The first kappa shape index (κ1) is 18.3. The quantitative estimate of drug-likeness (QED) is 0.618. The highest BCUT2D eigenvalue weighted by atomic mass is 32.2. The minimum absolute atomic E-state index is 0.321. The van der Waals surface area contributed by atoms with Crippen LogP contribution >= 0.6 is 11.8 Å². The highest BCUT2D eigenvalue weighted by Crippen LogP contribution is 2.20. The fraction of sp³-hybridized carbons (Fsp3) is 0.533. The molecule has 23 heavy (non-hydrogen) atoms. The van der Waals surface area contributed by atoms with E-state index in [1.807, 2.05) is 13.0 Å². The third-order valence-corrected chi connectivity index (χ3v) is 6.18. The maximum absolute atomic E-state index is 12.6. The van der Waals surface area contributed by atoms with Gasteiger partial charge in [-0.3, -0.25) is 4.99 Å². The minimum Gasteiger partial charge on any atom is -0.379 e. The lowest BCUT2D eigenvalue weighted by Gasteiger charge is -2.26. The molecule has 1 aromatic rings. The fourth-order valence-electron chi connectivity index (χ4n) is 2.16. The van der Waals surface area contributed by atoms with E-state index in [1.165, 1.54) is 16.1 Å². The van der Waals surface area contributed by atoms with Crippen LogP contribution in [0.1, 0.15) is 18.9 Å². The lowest BCUT2D eigenvalue weighted by molar-refractivity contribution is 0.0730. The highest BCUT2D eigenvalue weighted by molar-refractivity contribution is 8.13. The predicted molar refractivity (Wildman–Crippen MR) is 94.1 cm³/mol. The van der Waals surface area contributed by atoms with Crippen molar-refractivity contribution < 1.29 is 13.2 Å². The van der Waals surface area contributed by atoms with Gasteiger partial charge in [0.05, 0.1) is 18.1 Å². The zero-order chi connectivity index (χ0) is 16.7. The average Bonchev–Trinajstić information content (AvgIpc) is 2.59. The van der Waals surface area contributed by atoms with Gasteiger partial charge in [-0.1, -0.05) is 30.8 Å². The Balaban J connectivity index is 2.07. The van der Waals surface area contributed by atoms with Crippen molar-refractivity contribution in [3.05, 3.63) is 29.8 Å². The highest BCUT2D eigenvalue weighted by Gasteiger charge is 2.26. The van der Waals surface area contributed by atoms with Crippen molar-refractivity contribution in [2.45, 2.75) is 24.0 Å². The Morgan fingerprint density at radius 2 is 2.13 bits per heavy atom. The van der Waals surface area contributed by atoms with Crippen LogP contribution in [0.2, 0.25) is 0 Å². The smallest absolute Gasteiger partial charge is 0.243 e. The summed E-state index contributed by atoms with van der Waals surface area (Å²) in [7, 11) is -3.45. The number of thioether (sulfide) groups is 1. The van der Waals surface area contributed by atoms with Crippen molar-refractivity contribution in [1.29, 1.82) is 0 Å². The van der Waals surface area contributed by atoms with Crippen LogP contribution < -0.4 is 5.73 Å². The minimum atomic E-state index is -3.45. The largest absolute Gasteiger partial charge is 0.379 e. The first-order valence-corrected chi connectivity index (χ1v) is 10.1. The summed E-state index contributed by atoms with van der Waals surface area (Å²) in [5.74, 6) is 0.603. The molecule has 0 radical (unpaired) electrons. The van der Waals surface area contributed by atoms with Gasteiger partial charge in [-0.2, -0.15) is 4.31 Å². The molecule has 1 fully saturated rings. The first-order valence-electron chi connectivity index (χ1n) is 7.63. The molecule has 0 atom stereocenters. The monoisotopic (exact) mass is 357 g/mol. The Hall–Kier alpha value is -1.09. The SMILES string of the molecule is CCCN=C(N)SCc1cccc(S(=O)(=O)N2CCOCC2)c1. The van der Waals surface area contributed by atoms with Crippen molar-refractivity contribution >= 4 is 27.0 Å². The molecule has 0 saturated carbocycles. The van der Waals surface area contributed by atoms with Crippen LogP contribution in [0.4, 0.5) is 0 Å². The van der Waals surface area contributed by atoms with Gasteiger partial charge in [0.15, 0.2) is 5.17 Å². The van der Waals surface area contributed by atoms with E-state index in [0.717, 1.165) is 12.0 Å². The van der Waals surface area contributed by atoms with Crippen molar-refractivity contribution in [3.63, 3.8) is 0 Å². The summed E-state index contributed by atoms with van der Waals surface area (Å²) in [6, 6.07) is 7.01. The van der Waals surface area contributed by atoms with Crippen molar-refractivity contribution in [2.75, 3.05) is 32.8 Å². The number of ether oxygens (including phenoxy) is 1. The molecular formula is C15H23N3O3S2. The molecule has 0 bridgehead atoms. The standard InChI is InChI=1S/C15H23N3O3S2/c1-2-6-17-15(16)22-12-13-4-3-5-14(11-13)23(19,20)18-7-9-21-10-8-18/h3-5,11H,2,6-10,12H2,1H3,(H2,16,17). The molecule has 0 spiro atoms. The van der Waals surface area contributed by atoms with Gasteiger partial charge in [0.25, 0.3) is 0 Å². The summed E-state index contributed by atoms with van der Waals surface area (Å²) in [4.78, 5) is 4.54. The molecule has 8 heteroatoms. The molecule has 0 aliphatic carbocycles. The predicted octanol–water partition coefficient (Wildman–Crippen LogP) is 1.67. The van der Waals surface area contributed by atoms with Gasteiger partial charge in [0, 0.05) is 25.4 Å². The van der Waals surface area contributed by atoms with Crippen molar-refractivity contribution in [3.8, 4) is 0 Å². The van der Waals surface area contributed by atoms with Crippen LogP contribution in [0.3, 0.4) is 0 Å². The Morgan fingerprint density at radius 1 is 1.39 bits per heavy atom. The van der Waals surface area contributed by atoms with Crippen LogP contribution in [0, 0.1) is 0 Å². The molecular weight excluding hydrogens is 334 g/mol. The maximum Gasteiger partial charge on any atom is 0.243 e. The summed E-state index contributed by atoms with van der Waals surface area (Å²) in [5.41, 5.74) is 6.74. The number of hydrogen-bond donors (Lipinski definition) is 1. The second kappa shape index (κ2) is 8.68. The zero-order valence-corrected chi connectivity index (χ0v) is 14.9. The number of benzene rings is 1. The normalized spacial score (nSPS) is 17.3. The lowest BCUT2D eigenvalue weighted by Crippen LogP contribution is -2.40. The maximum atomic E-state index is 12.6. The zero-order valence-electron chi connectivity index (χ0n) is 13.3. The number of nitrogens with two attached hydrogens (primary N) is 1. The van der Waals surface area contributed by atoms with Gasteiger partial charge in [-0.25, -0.2) is 8.42 Å². The molecule has 1 aromatic carbocycles. The van der Waals surface area contributed by atoms with E-state index in [2.05, 4.69) is 4.99 Å². The second-order valence-electron chi connectivity index (χ2n) is 5.17. The number of amidine groups is 1. The van der Waals surface area contributed by atoms with E-state index < -0.39 is 10.0 Å². The van der Waals surface area contributed by atoms with Gasteiger partial charge < -0.3 is 10.5 Å². The van der Waals surface area contributed by atoms with Crippen LogP contribution in [0.5, 0.6) is 0 Å². The first-order chi connectivity index (χ1) is 11.0. The average molecular weight is 358 g/mol. The Morgan fingerprint density at radius 3 is 2.83 bits per heavy atom. The van der Waals surface area contributed by atoms with E-state index in [4.69, 9.17) is 10.5 Å². The van der Waals surface area contributed by atoms with Crippen LogP contribution in [-0.2, 0) is 20.5 Å². The molecule has 6 nitrogen and oxygen atoms in total. The molecule has 1 aliphatic rings. The Bertz CT molecular complexity index is 641. The summed E-state index contributed by atoms with van der Waals surface area (Å²) in [6.45, 7) is 4.44. The fourth-order valence-corrected chi connectivity index (χ4v) is 4.31. The Labute approximate surface area is 142 Å². The lowest BCUT2D eigenvalue weighted by atomic mass is 10.2. The number of rotatable bonds is 6. The summed E-state index contributed by atoms with van der Waals surface area (Å²) < 4.78 is 32.0. The second-order valence-corrected chi connectivity index (χ2v) is 8.11. The van der Waals surface area contributed by atoms with E-state index in [1.54, 1.807) is 18.2 Å². The summed E-state index contributed by atoms with van der Waals surface area (Å²) in [5, 5.41) is 0.535. The molecule has 2 rings (SSSR count). The topological polar surface area (TPSA) is 85.0 Å². The third-order valence-electron chi connectivity index (χ3n) is 3.38. The molecule has 0 amide bonds. The molecule has 1 heterocycles. The number of morpholine rings is 1. The molecule has 1 saturated heterocycles. The molecule has 0 aromatic heterocycles. The molecule has 1 aliphatic heterocycles. The van der Waals surface area contributed by atoms with Crippen molar-refractivity contribution in [2.24, 2.45) is 10.7 Å². The van der Waals surface area contributed by atoms with Gasteiger partial charge in [-0.15, -0.1) is 0 Å². The summed E-state index contributed by atoms with van der Waals surface area (Å²) in [6.07, 6.45) is 0.953. The van der Waals surface area contributed by atoms with E-state index in [-0.39, 0.29) is 0 Å². The van der Waals surface area contributed by atoms with Gasteiger partial charge in [0.1, 0.15) is 0 Å². The number of hydrogen-bond acceptors (Lipinski definition) is 5. The van der Waals surface area contributed by atoms with E-state index in [0.29, 0.717) is 48.7 Å². The van der Waals surface area contributed by atoms with E-state index in [9.17, 15) is 8.42 Å². The van der Waals surface area contributed by atoms with Crippen LogP contribution in [0.25, 0.3) is 0 Å². The number of nitrogens with zero attached hydrogens (tertiary/aromatic N) is 2. The van der Waals surface area contributed by atoms with Gasteiger partial charge >= 0.3 is 0 Å². The number of sulfonamides is 1. The Kier molecular flexibility index (Phi) is 6.88. The number of aliphatic imine (C=N–C) groups is 1. The molecule has 2 N–H and O–H groups in total. The molecule has 128 valence electrons. The van der Waals surface area contributed by atoms with Crippen LogP contribution in [0.15, 0.2) is 34.2 Å². The summed E-state index contributed by atoms with van der Waals surface area (Å²) >= 11 is 1.42. The van der Waals surface area contributed by atoms with Gasteiger partial charge in [-0.05, 0) is 24.1 Å². The van der Waals surface area contributed by atoms with Crippen LogP contribution in [-0.4, -0.2) is 50.7 Å². The van der Waals surface area contributed by atoms with Gasteiger partial charge in [0.2, 0.25) is 10.0 Å².